The number of hydrogen-bond donors (Lipinski definition) is 2. The monoisotopic (exact) mass is 471 g/mol. The van der Waals surface area contributed by atoms with Gasteiger partial charge < -0.3 is 19.2 Å². The summed E-state index contributed by atoms with van der Waals surface area (Å²) < 4.78 is 44.4. The molecule has 0 fully saturated rings. The van der Waals surface area contributed by atoms with Crippen molar-refractivity contribution in [3.05, 3.63) is 72.2 Å². The van der Waals surface area contributed by atoms with Gasteiger partial charge in [-0.3, -0.25) is 14.4 Å². The molecule has 9 nitrogen and oxygen atoms in total. The minimum absolute atomic E-state index is 0.0567. The number of fused-ring (bicyclic) bond motifs is 1. The van der Waals surface area contributed by atoms with Gasteiger partial charge in [-0.15, -0.1) is 0 Å². The number of anilines is 1. The Kier molecular flexibility index (Phi) is 6.57. The van der Waals surface area contributed by atoms with Crippen LogP contribution in [0.1, 0.15) is 22.2 Å². The van der Waals surface area contributed by atoms with Gasteiger partial charge in [0, 0.05) is 23.9 Å². The molecule has 4 rings (SSSR count). The van der Waals surface area contributed by atoms with Gasteiger partial charge in [0.2, 0.25) is 0 Å². The molecule has 0 bridgehead atoms. The van der Waals surface area contributed by atoms with Gasteiger partial charge in [0.1, 0.15) is 19.0 Å². The molecule has 0 spiro atoms. The predicted octanol–water partition coefficient (Wildman–Crippen LogP) is 2.88. The quantitative estimate of drug-likeness (QED) is 0.520. The molecule has 33 heavy (non-hydrogen) atoms. The van der Waals surface area contributed by atoms with Crippen molar-refractivity contribution in [2.24, 2.45) is 0 Å². The lowest BCUT2D eigenvalue weighted by atomic mass is 10.1. The van der Waals surface area contributed by atoms with Crippen LogP contribution in [0.4, 0.5) is 5.69 Å². The summed E-state index contributed by atoms with van der Waals surface area (Å²) in [6, 6.07) is 14.2. The molecule has 1 atom stereocenters. The lowest BCUT2D eigenvalue weighted by molar-refractivity contribution is 0.0939. The molecule has 0 aliphatic carbocycles. The summed E-state index contributed by atoms with van der Waals surface area (Å²) in [5, 5.41) is 2.89. The van der Waals surface area contributed by atoms with E-state index in [0.29, 0.717) is 42.5 Å². The first-order valence-electron chi connectivity index (χ1n) is 10.3. The highest BCUT2D eigenvalue weighted by Crippen LogP contribution is 2.32. The van der Waals surface area contributed by atoms with E-state index in [2.05, 4.69) is 10.0 Å². The Labute approximate surface area is 192 Å². The number of furan rings is 1. The summed E-state index contributed by atoms with van der Waals surface area (Å²) in [6.45, 7) is 1.15. The Morgan fingerprint density at radius 2 is 1.76 bits per heavy atom. The Bertz CT molecular complexity index is 1210. The highest BCUT2D eigenvalue weighted by atomic mass is 32.2. The van der Waals surface area contributed by atoms with Crippen molar-refractivity contribution in [1.29, 1.82) is 0 Å². The first kappa shape index (κ1) is 22.7. The molecule has 1 aliphatic heterocycles. The number of likely N-dealkylation sites (N-methyl/N-ethyl adjacent to an activating group) is 1. The molecule has 1 amide bonds. The summed E-state index contributed by atoms with van der Waals surface area (Å²) in [4.78, 5) is 14.6. The van der Waals surface area contributed by atoms with E-state index in [4.69, 9.17) is 13.9 Å². The van der Waals surface area contributed by atoms with Crippen molar-refractivity contribution >= 4 is 21.6 Å². The third-order valence-corrected chi connectivity index (χ3v) is 6.55. The summed E-state index contributed by atoms with van der Waals surface area (Å²) in [6.07, 6.45) is 1.60. The average Bonchev–Trinajstić information content (AvgIpc) is 3.33. The molecular formula is C23H25N3O6S. The third-order valence-electron chi connectivity index (χ3n) is 5.17. The second kappa shape index (κ2) is 9.55. The van der Waals surface area contributed by atoms with E-state index in [1.807, 2.05) is 25.1 Å². The van der Waals surface area contributed by atoms with Crippen molar-refractivity contribution in [2.45, 2.75) is 10.9 Å². The molecule has 0 saturated heterocycles. The number of nitrogens with one attached hydrogen (secondary N) is 2. The highest BCUT2D eigenvalue weighted by molar-refractivity contribution is 7.92. The molecule has 1 aliphatic rings. The molecule has 2 heterocycles. The van der Waals surface area contributed by atoms with E-state index in [9.17, 15) is 13.2 Å². The van der Waals surface area contributed by atoms with E-state index in [1.54, 1.807) is 42.7 Å². The van der Waals surface area contributed by atoms with E-state index < -0.39 is 10.0 Å². The molecule has 2 aromatic carbocycles. The fraction of sp³-hybridized carbons (Fsp3) is 0.261. The van der Waals surface area contributed by atoms with Crippen LogP contribution in [0.15, 0.2) is 70.2 Å². The number of amides is 1. The van der Waals surface area contributed by atoms with Gasteiger partial charge >= 0.3 is 0 Å². The maximum atomic E-state index is 12.8. The minimum atomic E-state index is -3.84. The van der Waals surface area contributed by atoms with Gasteiger partial charge in [-0.25, -0.2) is 8.42 Å². The first-order chi connectivity index (χ1) is 15.8. The van der Waals surface area contributed by atoms with Crippen LogP contribution in [-0.4, -0.2) is 53.1 Å². The number of benzene rings is 2. The topological polar surface area (TPSA) is 110 Å². The standard InChI is InChI=1S/C23H25N3O6S/c1-26(2)19(20-4-3-11-30-20)15-24-23(27)16-5-7-17(8-6-16)25-33(28,29)18-9-10-21-22(14-18)32-13-12-31-21/h3-11,14,19,25H,12-13,15H2,1-2H3,(H,24,27)/t19-/m0/s1. The lowest BCUT2D eigenvalue weighted by Crippen LogP contribution is -2.34. The second-order valence-corrected chi connectivity index (χ2v) is 9.38. The second-order valence-electron chi connectivity index (χ2n) is 7.69. The molecular weight excluding hydrogens is 446 g/mol. The summed E-state index contributed by atoms with van der Waals surface area (Å²) >= 11 is 0. The first-order valence-corrected chi connectivity index (χ1v) is 11.8. The summed E-state index contributed by atoms with van der Waals surface area (Å²) in [5.74, 6) is 1.39. The Morgan fingerprint density at radius 3 is 2.42 bits per heavy atom. The van der Waals surface area contributed by atoms with Crippen LogP contribution in [0.25, 0.3) is 0 Å². The fourth-order valence-electron chi connectivity index (χ4n) is 3.40. The van der Waals surface area contributed by atoms with Crippen LogP contribution in [0, 0.1) is 0 Å². The van der Waals surface area contributed by atoms with Gasteiger partial charge in [0.25, 0.3) is 15.9 Å². The molecule has 0 radical (unpaired) electrons. The normalized spacial score (nSPS) is 14.0. The minimum Gasteiger partial charge on any atom is -0.486 e. The average molecular weight is 472 g/mol. The smallest absolute Gasteiger partial charge is 0.262 e. The Balaban J connectivity index is 1.40. The van der Waals surface area contributed by atoms with Gasteiger partial charge in [-0.1, -0.05) is 0 Å². The number of ether oxygens (including phenoxy) is 2. The van der Waals surface area contributed by atoms with Crippen LogP contribution >= 0.6 is 0 Å². The van der Waals surface area contributed by atoms with Crippen LogP contribution in [-0.2, 0) is 10.0 Å². The Morgan fingerprint density at radius 1 is 1.03 bits per heavy atom. The molecule has 174 valence electrons. The number of rotatable bonds is 8. The maximum absolute atomic E-state index is 12.8. The molecule has 3 aromatic rings. The van der Waals surface area contributed by atoms with Crippen molar-refractivity contribution in [3.8, 4) is 11.5 Å². The van der Waals surface area contributed by atoms with Crippen LogP contribution < -0.4 is 19.5 Å². The molecule has 2 N–H and O–H groups in total. The number of hydrogen-bond acceptors (Lipinski definition) is 7. The van der Waals surface area contributed by atoms with Crippen molar-refractivity contribution in [2.75, 3.05) is 38.6 Å². The summed E-state index contributed by atoms with van der Waals surface area (Å²) in [5.41, 5.74) is 0.748. The van der Waals surface area contributed by atoms with Gasteiger partial charge in [-0.05, 0) is 62.6 Å². The number of carbonyl (C=O) groups is 1. The van der Waals surface area contributed by atoms with E-state index in [1.165, 1.54) is 12.1 Å². The van der Waals surface area contributed by atoms with E-state index in [-0.39, 0.29) is 16.8 Å². The Hall–Kier alpha value is -3.50. The van der Waals surface area contributed by atoms with Crippen molar-refractivity contribution in [1.82, 2.24) is 10.2 Å². The SMILES string of the molecule is CN(C)[C@@H](CNC(=O)c1ccc(NS(=O)(=O)c2ccc3c(c2)OCCO3)cc1)c1ccco1. The van der Waals surface area contributed by atoms with Gasteiger partial charge in [0.15, 0.2) is 11.5 Å². The lowest BCUT2D eigenvalue weighted by Gasteiger charge is -2.22. The van der Waals surface area contributed by atoms with Gasteiger partial charge in [0.05, 0.1) is 17.2 Å². The zero-order valence-corrected chi connectivity index (χ0v) is 19.1. The molecule has 0 saturated carbocycles. The van der Waals surface area contributed by atoms with Crippen LogP contribution in [0.2, 0.25) is 0 Å². The number of sulfonamides is 1. The predicted molar refractivity (Wildman–Crippen MR) is 122 cm³/mol. The summed E-state index contributed by atoms with van der Waals surface area (Å²) in [7, 11) is -0.0286. The number of nitrogens with zero attached hydrogens (tertiary/aromatic N) is 1. The van der Waals surface area contributed by atoms with Gasteiger partial charge in [-0.2, -0.15) is 0 Å². The molecule has 0 unspecified atom stereocenters. The zero-order chi connectivity index (χ0) is 23.4. The maximum Gasteiger partial charge on any atom is 0.262 e. The largest absolute Gasteiger partial charge is 0.486 e. The van der Waals surface area contributed by atoms with Crippen molar-refractivity contribution < 1.29 is 27.1 Å². The molecule has 10 heteroatoms. The van der Waals surface area contributed by atoms with E-state index >= 15 is 0 Å². The van der Waals surface area contributed by atoms with Crippen LogP contribution in [0.5, 0.6) is 11.5 Å². The fourth-order valence-corrected chi connectivity index (χ4v) is 4.48. The van der Waals surface area contributed by atoms with E-state index in [0.717, 1.165) is 5.76 Å². The number of carbonyl (C=O) groups excluding carboxylic acids is 1. The zero-order valence-electron chi connectivity index (χ0n) is 18.3. The molecule has 1 aromatic heterocycles. The highest BCUT2D eigenvalue weighted by Gasteiger charge is 2.21. The van der Waals surface area contributed by atoms with Crippen LogP contribution in [0.3, 0.4) is 0 Å². The van der Waals surface area contributed by atoms with Crippen molar-refractivity contribution in [3.63, 3.8) is 0 Å². The third kappa shape index (κ3) is 5.29.